The lowest BCUT2D eigenvalue weighted by Crippen LogP contribution is -2.42. The van der Waals surface area contributed by atoms with Gasteiger partial charge in [-0.3, -0.25) is 4.79 Å². The molecule has 0 atom stereocenters. The Kier molecular flexibility index (Phi) is 3.56. The van der Waals surface area contributed by atoms with Crippen molar-refractivity contribution in [1.82, 2.24) is 9.97 Å². The summed E-state index contributed by atoms with van der Waals surface area (Å²) in [5, 5.41) is 13.8. The Morgan fingerprint density at radius 3 is 2.62 bits per heavy atom. The number of rotatable bonds is 4. The summed E-state index contributed by atoms with van der Waals surface area (Å²) in [6.07, 6.45) is 5.86. The summed E-state index contributed by atoms with van der Waals surface area (Å²) in [6, 6.07) is 1.47. The predicted octanol–water partition coefficient (Wildman–Crippen LogP) is 2.39. The minimum absolute atomic E-state index is 0.119. The Balaban J connectivity index is 1.63. The highest BCUT2D eigenvalue weighted by Crippen LogP contribution is 2.40. The van der Waals surface area contributed by atoms with Crippen LogP contribution in [-0.4, -0.2) is 27.2 Å². The number of aromatic amines is 1. The maximum absolute atomic E-state index is 11.7. The van der Waals surface area contributed by atoms with Gasteiger partial charge in [-0.05, 0) is 43.9 Å². The molecule has 1 aromatic rings. The molecule has 2 fully saturated rings. The zero-order valence-electron chi connectivity index (χ0n) is 12.9. The maximum atomic E-state index is 11.7. The van der Waals surface area contributed by atoms with Gasteiger partial charge in [0.05, 0.1) is 5.60 Å². The summed E-state index contributed by atoms with van der Waals surface area (Å²) in [7, 11) is 0. The van der Waals surface area contributed by atoms with E-state index in [0.717, 1.165) is 44.3 Å². The Morgan fingerprint density at radius 1 is 1.33 bits per heavy atom. The van der Waals surface area contributed by atoms with E-state index in [1.807, 2.05) is 0 Å². The van der Waals surface area contributed by atoms with Crippen LogP contribution in [0.25, 0.3) is 0 Å². The maximum Gasteiger partial charge on any atom is 0.252 e. The molecule has 3 N–H and O–H groups in total. The van der Waals surface area contributed by atoms with Crippen LogP contribution < -0.4 is 10.9 Å². The SMILES string of the molecule is CC1(C)CCC(O)(CNc2cc(=O)[nH]c(C3CC3)n2)CC1. The van der Waals surface area contributed by atoms with Crippen LogP contribution in [0.5, 0.6) is 0 Å². The lowest BCUT2D eigenvalue weighted by atomic mass is 9.71. The van der Waals surface area contributed by atoms with Crippen LogP contribution in [0.4, 0.5) is 5.82 Å². The quantitative estimate of drug-likeness (QED) is 0.796. The molecule has 3 rings (SSSR count). The van der Waals surface area contributed by atoms with Crippen molar-refractivity contribution in [2.24, 2.45) is 5.41 Å². The minimum Gasteiger partial charge on any atom is -0.388 e. The molecule has 0 amide bonds. The summed E-state index contributed by atoms with van der Waals surface area (Å²) in [6.45, 7) is 4.96. The summed E-state index contributed by atoms with van der Waals surface area (Å²) in [5.41, 5.74) is -0.473. The number of hydrogen-bond donors (Lipinski definition) is 3. The number of aliphatic hydroxyl groups is 1. The van der Waals surface area contributed by atoms with Crippen molar-refractivity contribution in [2.45, 2.75) is 63.9 Å². The molecule has 1 heterocycles. The largest absolute Gasteiger partial charge is 0.388 e. The fourth-order valence-electron chi connectivity index (χ4n) is 2.94. The molecule has 0 unspecified atom stereocenters. The normalized spacial score (nSPS) is 23.8. The van der Waals surface area contributed by atoms with Gasteiger partial charge in [0.15, 0.2) is 0 Å². The highest BCUT2D eigenvalue weighted by Gasteiger charge is 2.36. The molecule has 21 heavy (non-hydrogen) atoms. The zero-order valence-corrected chi connectivity index (χ0v) is 12.9. The summed E-state index contributed by atoms with van der Waals surface area (Å²) >= 11 is 0. The highest BCUT2D eigenvalue weighted by molar-refractivity contribution is 5.34. The van der Waals surface area contributed by atoms with Crippen molar-refractivity contribution in [1.29, 1.82) is 0 Å². The van der Waals surface area contributed by atoms with Crippen LogP contribution in [0, 0.1) is 5.41 Å². The lowest BCUT2D eigenvalue weighted by molar-refractivity contribution is -0.0145. The van der Waals surface area contributed by atoms with Gasteiger partial charge in [0.2, 0.25) is 0 Å². The topological polar surface area (TPSA) is 78.0 Å². The van der Waals surface area contributed by atoms with E-state index in [9.17, 15) is 9.90 Å². The van der Waals surface area contributed by atoms with Crippen molar-refractivity contribution in [3.63, 3.8) is 0 Å². The Bertz CT molecular complexity index is 565. The van der Waals surface area contributed by atoms with Gasteiger partial charge >= 0.3 is 0 Å². The van der Waals surface area contributed by atoms with E-state index in [4.69, 9.17) is 0 Å². The van der Waals surface area contributed by atoms with E-state index >= 15 is 0 Å². The molecule has 0 bridgehead atoms. The molecule has 0 saturated heterocycles. The van der Waals surface area contributed by atoms with Gasteiger partial charge in [-0.25, -0.2) is 4.98 Å². The van der Waals surface area contributed by atoms with Gasteiger partial charge in [-0.2, -0.15) is 0 Å². The average molecular weight is 291 g/mol. The molecule has 2 aliphatic rings. The van der Waals surface area contributed by atoms with Crippen LogP contribution in [0.3, 0.4) is 0 Å². The van der Waals surface area contributed by atoms with Crippen LogP contribution in [0.1, 0.15) is 64.1 Å². The first-order valence-corrected chi connectivity index (χ1v) is 7.93. The number of H-pyrrole nitrogens is 1. The van der Waals surface area contributed by atoms with Gasteiger partial charge in [0.25, 0.3) is 5.56 Å². The van der Waals surface area contributed by atoms with Gasteiger partial charge in [0, 0.05) is 18.5 Å². The molecule has 0 spiro atoms. The third-order valence-electron chi connectivity index (χ3n) is 4.86. The molecular weight excluding hydrogens is 266 g/mol. The van der Waals surface area contributed by atoms with E-state index in [-0.39, 0.29) is 5.56 Å². The first-order valence-electron chi connectivity index (χ1n) is 7.93. The highest BCUT2D eigenvalue weighted by atomic mass is 16.3. The number of nitrogens with one attached hydrogen (secondary N) is 2. The van der Waals surface area contributed by atoms with Gasteiger partial charge in [0.1, 0.15) is 11.6 Å². The van der Waals surface area contributed by atoms with Crippen LogP contribution >= 0.6 is 0 Å². The van der Waals surface area contributed by atoms with E-state index in [1.54, 1.807) is 0 Å². The predicted molar refractivity (Wildman–Crippen MR) is 82.5 cm³/mol. The molecule has 0 aliphatic heterocycles. The Morgan fingerprint density at radius 2 is 2.00 bits per heavy atom. The zero-order chi connectivity index (χ0) is 15.1. The average Bonchev–Trinajstić information content (AvgIpc) is 3.25. The summed E-state index contributed by atoms with van der Waals surface area (Å²) in [4.78, 5) is 18.9. The fraction of sp³-hybridized carbons (Fsp3) is 0.750. The number of aromatic nitrogens is 2. The molecule has 5 nitrogen and oxygen atoms in total. The summed E-state index contributed by atoms with van der Waals surface area (Å²) < 4.78 is 0. The molecule has 5 heteroatoms. The lowest BCUT2D eigenvalue weighted by Gasteiger charge is -2.40. The Hall–Kier alpha value is -1.36. The van der Waals surface area contributed by atoms with Crippen LogP contribution in [0.15, 0.2) is 10.9 Å². The minimum atomic E-state index is -0.681. The number of anilines is 1. The first kappa shape index (κ1) is 14.6. The molecule has 0 radical (unpaired) electrons. The molecule has 1 aromatic heterocycles. The second kappa shape index (κ2) is 5.13. The van der Waals surface area contributed by atoms with Crippen molar-refractivity contribution in [3.8, 4) is 0 Å². The van der Waals surface area contributed by atoms with E-state index in [2.05, 4.69) is 29.1 Å². The Labute approximate surface area is 125 Å². The van der Waals surface area contributed by atoms with Crippen LogP contribution in [0.2, 0.25) is 0 Å². The molecular formula is C16H25N3O2. The van der Waals surface area contributed by atoms with E-state index < -0.39 is 5.60 Å². The number of nitrogens with zero attached hydrogens (tertiary/aromatic N) is 1. The third-order valence-corrected chi connectivity index (χ3v) is 4.86. The first-order chi connectivity index (χ1) is 9.85. The van der Waals surface area contributed by atoms with Gasteiger partial charge in [-0.1, -0.05) is 13.8 Å². The fourth-order valence-corrected chi connectivity index (χ4v) is 2.94. The second-order valence-corrected chi connectivity index (χ2v) is 7.53. The van der Waals surface area contributed by atoms with Gasteiger partial charge in [-0.15, -0.1) is 0 Å². The molecule has 116 valence electrons. The second-order valence-electron chi connectivity index (χ2n) is 7.53. The summed E-state index contributed by atoms with van der Waals surface area (Å²) in [5.74, 6) is 1.78. The van der Waals surface area contributed by atoms with Crippen molar-refractivity contribution < 1.29 is 5.11 Å². The van der Waals surface area contributed by atoms with Crippen molar-refractivity contribution >= 4 is 5.82 Å². The van der Waals surface area contributed by atoms with Crippen molar-refractivity contribution in [3.05, 3.63) is 22.2 Å². The number of hydrogen-bond acceptors (Lipinski definition) is 4. The monoisotopic (exact) mass is 291 g/mol. The van der Waals surface area contributed by atoms with Crippen LogP contribution in [-0.2, 0) is 0 Å². The standard InChI is InChI=1S/C16H25N3O2/c1-15(2)5-7-16(21,8-6-15)10-17-12-9-13(20)19-14(18-12)11-3-4-11/h9,11,21H,3-8,10H2,1-2H3,(H2,17,18,19,20). The van der Waals surface area contributed by atoms with E-state index in [0.29, 0.717) is 23.7 Å². The van der Waals surface area contributed by atoms with E-state index in [1.165, 1.54) is 6.07 Å². The molecule has 2 aliphatic carbocycles. The molecule has 2 saturated carbocycles. The van der Waals surface area contributed by atoms with Crippen molar-refractivity contribution in [2.75, 3.05) is 11.9 Å². The smallest absolute Gasteiger partial charge is 0.252 e. The molecule has 0 aromatic carbocycles. The third kappa shape index (κ3) is 3.64. The van der Waals surface area contributed by atoms with Gasteiger partial charge < -0.3 is 15.4 Å².